The quantitative estimate of drug-likeness (QED) is 0.837. The smallest absolute Gasteiger partial charge is 0.118 e. The molecule has 0 amide bonds. The summed E-state index contributed by atoms with van der Waals surface area (Å²) >= 11 is 0. The minimum atomic E-state index is -1.47. The molecule has 21 heavy (non-hydrogen) atoms. The highest BCUT2D eigenvalue weighted by molar-refractivity contribution is 6.84. The fourth-order valence-electron chi connectivity index (χ4n) is 3.54. The van der Waals surface area contributed by atoms with Crippen molar-refractivity contribution in [3.8, 4) is 5.75 Å². The fraction of sp³-hybridized carbons (Fsp3) is 0.556. The molecule has 1 aliphatic carbocycles. The van der Waals surface area contributed by atoms with E-state index < -0.39 is 8.07 Å². The van der Waals surface area contributed by atoms with E-state index in [1.54, 1.807) is 12.3 Å². The lowest BCUT2D eigenvalue weighted by molar-refractivity contribution is 0.206. The SMILES string of the molecule is COc1ccc(C2=C([Si](C)(C)C)[C@@H](C(C)C)C[C@H]2O)cc1. The Hall–Kier alpha value is -1.06. The maximum absolute atomic E-state index is 10.7. The zero-order valence-corrected chi connectivity index (χ0v) is 15.1. The van der Waals surface area contributed by atoms with Crippen molar-refractivity contribution in [2.45, 2.75) is 46.0 Å². The van der Waals surface area contributed by atoms with Gasteiger partial charge in [0.1, 0.15) is 5.75 Å². The topological polar surface area (TPSA) is 29.5 Å². The van der Waals surface area contributed by atoms with Crippen LogP contribution in [-0.2, 0) is 0 Å². The van der Waals surface area contributed by atoms with Crippen LogP contribution in [0.4, 0.5) is 0 Å². The predicted octanol–water partition coefficient (Wildman–Crippen LogP) is 4.36. The Bertz CT molecular complexity index is 523. The van der Waals surface area contributed by atoms with Crippen LogP contribution in [0.5, 0.6) is 5.75 Å². The first-order chi connectivity index (χ1) is 9.75. The van der Waals surface area contributed by atoms with Gasteiger partial charge in [0.05, 0.1) is 21.3 Å². The molecule has 116 valence electrons. The molecule has 0 fully saturated rings. The molecule has 0 radical (unpaired) electrons. The monoisotopic (exact) mass is 304 g/mol. The average Bonchev–Trinajstić information content (AvgIpc) is 2.77. The lowest BCUT2D eigenvalue weighted by Gasteiger charge is -2.29. The Morgan fingerprint density at radius 2 is 1.71 bits per heavy atom. The molecule has 0 saturated heterocycles. The number of hydrogen-bond donors (Lipinski definition) is 1. The second-order valence-corrected chi connectivity index (χ2v) is 12.4. The molecule has 0 spiro atoms. The van der Waals surface area contributed by atoms with Gasteiger partial charge in [0.2, 0.25) is 0 Å². The van der Waals surface area contributed by atoms with Gasteiger partial charge in [-0.1, -0.05) is 50.8 Å². The van der Waals surface area contributed by atoms with Crippen LogP contribution in [0.15, 0.2) is 29.5 Å². The third kappa shape index (κ3) is 3.24. The molecular formula is C18H28O2Si. The highest BCUT2D eigenvalue weighted by atomic mass is 28.3. The number of benzene rings is 1. The van der Waals surface area contributed by atoms with Gasteiger partial charge >= 0.3 is 0 Å². The van der Waals surface area contributed by atoms with Crippen molar-refractivity contribution in [1.29, 1.82) is 0 Å². The second-order valence-electron chi connectivity index (χ2n) is 7.41. The molecule has 3 heteroatoms. The van der Waals surface area contributed by atoms with E-state index in [1.165, 1.54) is 5.57 Å². The maximum atomic E-state index is 10.7. The summed E-state index contributed by atoms with van der Waals surface area (Å²) in [4.78, 5) is 0. The molecule has 1 aliphatic rings. The molecule has 1 N–H and O–H groups in total. The second kappa shape index (κ2) is 5.97. The normalized spacial score (nSPS) is 23.0. The molecule has 0 bridgehead atoms. The molecule has 1 aromatic carbocycles. The summed E-state index contributed by atoms with van der Waals surface area (Å²) in [6, 6.07) is 8.14. The van der Waals surface area contributed by atoms with Crippen LogP contribution in [0.3, 0.4) is 0 Å². The summed E-state index contributed by atoms with van der Waals surface area (Å²) < 4.78 is 5.24. The third-order valence-electron chi connectivity index (χ3n) is 4.49. The van der Waals surface area contributed by atoms with E-state index in [1.807, 2.05) is 12.1 Å². The van der Waals surface area contributed by atoms with Crippen molar-refractivity contribution in [3.05, 3.63) is 35.0 Å². The van der Waals surface area contributed by atoms with Crippen molar-refractivity contribution in [1.82, 2.24) is 0 Å². The molecule has 0 saturated carbocycles. The van der Waals surface area contributed by atoms with Crippen molar-refractivity contribution in [3.63, 3.8) is 0 Å². The third-order valence-corrected chi connectivity index (χ3v) is 6.74. The molecule has 0 unspecified atom stereocenters. The Labute approximate surface area is 129 Å². The zero-order chi connectivity index (χ0) is 15.8. The van der Waals surface area contributed by atoms with Crippen LogP contribution >= 0.6 is 0 Å². The Balaban J connectivity index is 2.55. The van der Waals surface area contributed by atoms with Gasteiger partial charge in [-0.05, 0) is 41.5 Å². The van der Waals surface area contributed by atoms with Crippen molar-refractivity contribution >= 4 is 13.6 Å². The van der Waals surface area contributed by atoms with Crippen LogP contribution in [-0.4, -0.2) is 26.4 Å². The molecular weight excluding hydrogens is 276 g/mol. The molecule has 1 aromatic rings. The summed E-state index contributed by atoms with van der Waals surface area (Å²) in [6.07, 6.45) is 0.547. The highest BCUT2D eigenvalue weighted by Gasteiger charge is 2.40. The summed E-state index contributed by atoms with van der Waals surface area (Å²) in [5, 5.41) is 12.2. The van der Waals surface area contributed by atoms with E-state index in [4.69, 9.17) is 4.74 Å². The largest absolute Gasteiger partial charge is 0.497 e. The van der Waals surface area contributed by atoms with Crippen LogP contribution in [0, 0.1) is 11.8 Å². The maximum Gasteiger partial charge on any atom is 0.118 e. The molecule has 0 heterocycles. The Kier molecular flexibility index (Phi) is 4.64. The summed E-state index contributed by atoms with van der Waals surface area (Å²) in [5.74, 6) is 1.96. The van der Waals surface area contributed by atoms with E-state index in [0.717, 1.165) is 17.7 Å². The first-order valence-electron chi connectivity index (χ1n) is 7.82. The summed E-state index contributed by atoms with van der Waals surface area (Å²) in [6.45, 7) is 11.7. The van der Waals surface area contributed by atoms with Gasteiger partial charge < -0.3 is 9.84 Å². The molecule has 2 atom stereocenters. The van der Waals surface area contributed by atoms with E-state index in [-0.39, 0.29) is 6.10 Å². The minimum Gasteiger partial charge on any atom is -0.497 e. The number of methoxy groups -OCH3 is 1. The lowest BCUT2D eigenvalue weighted by atomic mass is 9.95. The average molecular weight is 305 g/mol. The summed E-state index contributed by atoms with van der Waals surface area (Å²) in [5.41, 5.74) is 2.35. The highest BCUT2D eigenvalue weighted by Crippen LogP contribution is 2.46. The van der Waals surface area contributed by atoms with Gasteiger partial charge in [-0.15, -0.1) is 0 Å². The summed E-state index contributed by atoms with van der Waals surface area (Å²) in [7, 11) is 0.210. The van der Waals surface area contributed by atoms with Gasteiger partial charge in [-0.3, -0.25) is 0 Å². The standard InChI is InChI=1S/C18H28O2Si/c1-12(2)15-11-16(19)17(18(15)21(4,5)6)13-7-9-14(20-3)10-8-13/h7-10,12,15-16,19H,11H2,1-6H3/t15-,16-/m1/s1. The van der Waals surface area contributed by atoms with E-state index in [0.29, 0.717) is 11.8 Å². The van der Waals surface area contributed by atoms with Crippen molar-refractivity contribution < 1.29 is 9.84 Å². The lowest BCUT2D eigenvalue weighted by Crippen LogP contribution is -2.30. The number of hydrogen-bond acceptors (Lipinski definition) is 2. The van der Waals surface area contributed by atoms with Gasteiger partial charge in [0.15, 0.2) is 0 Å². The van der Waals surface area contributed by atoms with E-state index in [9.17, 15) is 5.11 Å². The van der Waals surface area contributed by atoms with Crippen LogP contribution < -0.4 is 4.74 Å². The predicted molar refractivity (Wildman–Crippen MR) is 92.2 cm³/mol. The van der Waals surface area contributed by atoms with Gasteiger partial charge in [-0.2, -0.15) is 0 Å². The number of allylic oxidation sites excluding steroid dienone is 1. The van der Waals surface area contributed by atoms with Gasteiger partial charge in [-0.25, -0.2) is 0 Å². The molecule has 0 aromatic heterocycles. The first kappa shape index (κ1) is 16.3. The van der Waals surface area contributed by atoms with Crippen molar-refractivity contribution in [2.24, 2.45) is 11.8 Å². The number of rotatable bonds is 4. The minimum absolute atomic E-state index is 0.326. The first-order valence-corrected chi connectivity index (χ1v) is 11.3. The molecule has 2 nitrogen and oxygen atoms in total. The zero-order valence-electron chi connectivity index (χ0n) is 14.1. The Morgan fingerprint density at radius 3 is 2.14 bits per heavy atom. The number of aliphatic hydroxyl groups is 1. The number of ether oxygens (including phenoxy) is 1. The number of aliphatic hydroxyl groups excluding tert-OH is 1. The van der Waals surface area contributed by atoms with Gasteiger partial charge in [0, 0.05) is 0 Å². The Morgan fingerprint density at radius 1 is 1.14 bits per heavy atom. The van der Waals surface area contributed by atoms with Gasteiger partial charge in [0.25, 0.3) is 0 Å². The van der Waals surface area contributed by atoms with Crippen LogP contribution in [0.1, 0.15) is 25.8 Å². The molecule has 0 aliphatic heterocycles. The van der Waals surface area contributed by atoms with Crippen molar-refractivity contribution in [2.75, 3.05) is 7.11 Å². The van der Waals surface area contributed by atoms with E-state index >= 15 is 0 Å². The molecule has 2 rings (SSSR count). The van der Waals surface area contributed by atoms with Crippen LogP contribution in [0.25, 0.3) is 5.57 Å². The fourth-order valence-corrected chi connectivity index (χ4v) is 6.22. The van der Waals surface area contributed by atoms with E-state index in [2.05, 4.69) is 45.6 Å². The van der Waals surface area contributed by atoms with Crippen LogP contribution in [0.2, 0.25) is 19.6 Å².